The molecular weight excluding hydrogens is 436 g/mol. The smallest absolute Gasteiger partial charge is 0.417 e. The summed E-state index contributed by atoms with van der Waals surface area (Å²) in [7, 11) is 0. The Morgan fingerprint density at radius 1 is 1.12 bits per heavy atom. The van der Waals surface area contributed by atoms with Gasteiger partial charge < -0.3 is 30.6 Å². The molecule has 2 aliphatic rings. The third kappa shape index (κ3) is 9.13. The third-order valence-corrected chi connectivity index (χ3v) is 6.58. The summed E-state index contributed by atoms with van der Waals surface area (Å²) in [5, 5.41) is 6.26. The van der Waals surface area contributed by atoms with Gasteiger partial charge in [-0.05, 0) is 33.6 Å². The fraction of sp³-hybridized carbons (Fsp3) is 0.857. The summed E-state index contributed by atoms with van der Waals surface area (Å²) < 4.78 is 16.1. The van der Waals surface area contributed by atoms with E-state index in [1.807, 2.05) is 11.8 Å². The average molecular weight is 475 g/mol. The zero-order valence-electron chi connectivity index (χ0n) is 19.4. The number of imide groups is 1. The second-order valence-electron chi connectivity index (χ2n) is 8.91. The van der Waals surface area contributed by atoms with Crippen molar-refractivity contribution in [2.45, 2.75) is 69.4 Å². The van der Waals surface area contributed by atoms with E-state index in [0.717, 1.165) is 23.5 Å². The van der Waals surface area contributed by atoms with Gasteiger partial charge in [-0.2, -0.15) is 11.8 Å². The highest BCUT2D eigenvalue weighted by atomic mass is 32.2. The molecule has 3 atom stereocenters. The molecule has 0 aromatic carbocycles. The summed E-state index contributed by atoms with van der Waals surface area (Å²) in [6, 6.07) is 0.261. The molecule has 2 rings (SSSR count). The number of nitrogens with zero attached hydrogens (tertiary/aromatic N) is 1. The molecule has 0 aromatic rings. The molecule has 4 N–H and O–H groups in total. The number of carbonyl (C=O) groups is 3. The van der Waals surface area contributed by atoms with Gasteiger partial charge >= 0.3 is 12.1 Å². The Morgan fingerprint density at radius 3 is 2.53 bits per heavy atom. The van der Waals surface area contributed by atoms with Crippen LogP contribution in [0.15, 0.2) is 0 Å². The molecule has 2 fully saturated rings. The van der Waals surface area contributed by atoms with Crippen LogP contribution in [0.4, 0.5) is 9.59 Å². The van der Waals surface area contributed by atoms with E-state index in [2.05, 4.69) is 10.6 Å². The van der Waals surface area contributed by atoms with Crippen molar-refractivity contribution in [3.8, 4) is 0 Å². The molecule has 0 aliphatic carbocycles. The maximum Gasteiger partial charge on any atom is 0.417 e. The van der Waals surface area contributed by atoms with Crippen LogP contribution >= 0.6 is 11.8 Å². The third-order valence-electron chi connectivity index (χ3n) is 5.08. The van der Waals surface area contributed by atoms with Crippen LogP contribution in [0.2, 0.25) is 0 Å². The summed E-state index contributed by atoms with van der Waals surface area (Å²) in [6.07, 6.45) is 2.04. The normalized spacial score (nSPS) is 22.2. The van der Waals surface area contributed by atoms with E-state index in [0.29, 0.717) is 38.0 Å². The number of urea groups is 1. The lowest BCUT2D eigenvalue weighted by atomic mass is 10.0. The van der Waals surface area contributed by atoms with Gasteiger partial charge in [0.05, 0.1) is 45.1 Å². The van der Waals surface area contributed by atoms with Crippen molar-refractivity contribution in [2.75, 3.05) is 45.3 Å². The van der Waals surface area contributed by atoms with E-state index in [9.17, 15) is 14.4 Å². The van der Waals surface area contributed by atoms with E-state index in [-0.39, 0.29) is 43.6 Å². The molecule has 0 bridgehead atoms. The number of rotatable bonds is 13. The molecule has 32 heavy (non-hydrogen) atoms. The molecule has 2 aliphatic heterocycles. The van der Waals surface area contributed by atoms with Crippen molar-refractivity contribution in [1.29, 1.82) is 0 Å². The van der Waals surface area contributed by atoms with Crippen LogP contribution in [0.5, 0.6) is 0 Å². The Labute approximate surface area is 194 Å². The number of hydrogen-bond donors (Lipinski definition) is 3. The van der Waals surface area contributed by atoms with Gasteiger partial charge in [0.2, 0.25) is 5.91 Å². The van der Waals surface area contributed by atoms with Crippen molar-refractivity contribution in [3.05, 3.63) is 0 Å². The van der Waals surface area contributed by atoms with Crippen molar-refractivity contribution in [3.63, 3.8) is 0 Å². The van der Waals surface area contributed by atoms with Crippen molar-refractivity contribution >= 4 is 29.8 Å². The lowest BCUT2D eigenvalue weighted by Gasteiger charge is -2.26. The quantitative estimate of drug-likeness (QED) is 0.270. The number of unbranched alkanes of at least 4 members (excludes halogenated alkanes) is 1. The van der Waals surface area contributed by atoms with Gasteiger partial charge in [-0.15, -0.1) is 0 Å². The second kappa shape index (κ2) is 13.2. The number of nitrogens with one attached hydrogen (secondary N) is 2. The summed E-state index contributed by atoms with van der Waals surface area (Å²) in [4.78, 5) is 37.9. The predicted octanol–water partition coefficient (Wildman–Crippen LogP) is 1.47. The zero-order chi connectivity index (χ0) is 23.6. The first-order chi connectivity index (χ1) is 15.2. The number of ether oxygens (including phenoxy) is 3. The SMILES string of the molecule is CC(C)(C)OC(=O)N(CCOCCOCCN)C(=O)CCCC[C@@H]1SC[C@@H]2NC(=O)N[C@@H]21. The van der Waals surface area contributed by atoms with Gasteiger partial charge in [-0.1, -0.05) is 6.42 Å². The highest BCUT2D eigenvalue weighted by Gasteiger charge is 2.42. The van der Waals surface area contributed by atoms with Gasteiger partial charge in [0.15, 0.2) is 0 Å². The monoisotopic (exact) mass is 474 g/mol. The van der Waals surface area contributed by atoms with Gasteiger partial charge in [0.25, 0.3) is 0 Å². The molecule has 2 heterocycles. The molecule has 2 saturated heterocycles. The number of nitrogens with two attached hydrogens (primary N) is 1. The molecule has 0 radical (unpaired) electrons. The van der Waals surface area contributed by atoms with E-state index < -0.39 is 11.7 Å². The Morgan fingerprint density at radius 2 is 1.84 bits per heavy atom. The van der Waals surface area contributed by atoms with Crippen LogP contribution in [-0.2, 0) is 19.0 Å². The van der Waals surface area contributed by atoms with Gasteiger partial charge in [0, 0.05) is 24.0 Å². The van der Waals surface area contributed by atoms with E-state index >= 15 is 0 Å². The van der Waals surface area contributed by atoms with Crippen LogP contribution in [0.25, 0.3) is 0 Å². The van der Waals surface area contributed by atoms with E-state index in [1.165, 1.54) is 0 Å². The Balaban J connectivity index is 1.73. The maximum absolute atomic E-state index is 12.8. The number of hydrogen-bond acceptors (Lipinski definition) is 8. The fourth-order valence-corrected chi connectivity index (χ4v) is 5.14. The van der Waals surface area contributed by atoms with Gasteiger partial charge in [0.1, 0.15) is 5.60 Å². The van der Waals surface area contributed by atoms with Crippen LogP contribution in [-0.4, -0.2) is 91.1 Å². The first-order valence-electron chi connectivity index (χ1n) is 11.3. The van der Waals surface area contributed by atoms with Crippen molar-refractivity contribution in [2.24, 2.45) is 5.73 Å². The van der Waals surface area contributed by atoms with Gasteiger partial charge in [-0.3, -0.25) is 4.79 Å². The first kappa shape index (κ1) is 26.7. The molecule has 11 heteroatoms. The summed E-state index contributed by atoms with van der Waals surface area (Å²) in [6.45, 7) is 7.34. The first-order valence-corrected chi connectivity index (χ1v) is 12.3. The highest BCUT2D eigenvalue weighted by molar-refractivity contribution is 8.00. The van der Waals surface area contributed by atoms with Crippen LogP contribution in [0.3, 0.4) is 0 Å². The van der Waals surface area contributed by atoms with E-state index in [4.69, 9.17) is 19.9 Å². The van der Waals surface area contributed by atoms with Crippen LogP contribution in [0.1, 0.15) is 46.5 Å². The summed E-state index contributed by atoms with van der Waals surface area (Å²) >= 11 is 1.85. The molecule has 0 spiro atoms. The largest absolute Gasteiger partial charge is 0.443 e. The summed E-state index contributed by atoms with van der Waals surface area (Å²) in [5.41, 5.74) is 4.67. The predicted molar refractivity (Wildman–Crippen MR) is 123 cm³/mol. The van der Waals surface area contributed by atoms with Gasteiger partial charge in [-0.25, -0.2) is 14.5 Å². The lowest BCUT2D eigenvalue weighted by molar-refractivity contribution is -0.131. The average Bonchev–Trinajstić information content (AvgIpc) is 3.25. The Kier molecular flexibility index (Phi) is 11.0. The second-order valence-corrected chi connectivity index (χ2v) is 10.2. The number of thioether (sulfide) groups is 1. The molecular formula is C21H38N4O6S. The fourth-order valence-electron chi connectivity index (χ4n) is 3.60. The van der Waals surface area contributed by atoms with E-state index in [1.54, 1.807) is 20.8 Å². The standard InChI is InChI=1S/C21H38N4O6S/c1-21(2,3)31-20(28)25(9-11-30-13-12-29-10-8-22)17(26)7-5-4-6-16-18-15(14-32-16)23-19(27)24-18/h15-16,18H,4-14,22H2,1-3H3,(H2,23,24,27)/t15-,16-,18-/m0/s1. The molecule has 4 amide bonds. The number of carbonyl (C=O) groups excluding carboxylic acids is 3. The minimum absolute atomic E-state index is 0.0957. The highest BCUT2D eigenvalue weighted by Crippen LogP contribution is 2.33. The molecule has 184 valence electrons. The minimum Gasteiger partial charge on any atom is -0.443 e. The topological polar surface area (TPSA) is 132 Å². The molecule has 0 unspecified atom stereocenters. The number of fused-ring (bicyclic) bond motifs is 1. The van der Waals surface area contributed by atoms with Crippen LogP contribution < -0.4 is 16.4 Å². The summed E-state index contributed by atoms with van der Waals surface area (Å²) in [5.74, 6) is 0.645. The number of amides is 4. The molecule has 0 saturated carbocycles. The van der Waals surface area contributed by atoms with Crippen LogP contribution in [0, 0.1) is 0 Å². The minimum atomic E-state index is -0.692. The Hall–Kier alpha value is -1.56. The maximum atomic E-state index is 12.8. The molecule has 0 aromatic heterocycles. The zero-order valence-corrected chi connectivity index (χ0v) is 20.2. The van der Waals surface area contributed by atoms with Crippen molar-refractivity contribution in [1.82, 2.24) is 15.5 Å². The molecule has 10 nitrogen and oxygen atoms in total. The van der Waals surface area contributed by atoms with Crippen molar-refractivity contribution < 1.29 is 28.6 Å². The Bertz CT molecular complexity index is 630. The lowest BCUT2D eigenvalue weighted by Crippen LogP contribution is -2.42.